The Bertz CT molecular complexity index is 1030. The maximum Gasteiger partial charge on any atom is 0.336 e. The van der Waals surface area contributed by atoms with E-state index in [1.54, 1.807) is 26.8 Å². The van der Waals surface area contributed by atoms with Crippen molar-refractivity contribution in [1.82, 2.24) is 10.2 Å². The van der Waals surface area contributed by atoms with Gasteiger partial charge in [0.1, 0.15) is 6.61 Å². The number of nitro benzene ring substituents is 1. The minimum atomic E-state index is -3.74. The number of nitrogens with one attached hydrogen (secondary N) is 1. The molecule has 1 aliphatic heterocycles. The van der Waals surface area contributed by atoms with E-state index in [0.717, 1.165) is 0 Å². The number of allylic oxidation sites excluding steroid dienone is 3. The Balaban J connectivity index is 2.65. The van der Waals surface area contributed by atoms with Crippen molar-refractivity contribution in [3.8, 4) is 0 Å². The topological polar surface area (TPSA) is 119 Å². The number of nitrogens with zero attached hydrogens (tertiary/aromatic N) is 2. The van der Waals surface area contributed by atoms with Crippen LogP contribution in [0.3, 0.4) is 0 Å². The van der Waals surface area contributed by atoms with E-state index in [2.05, 4.69) is 5.32 Å². The SMILES string of the molecule is CCCS(=O)(=O)C1=C(C)NC(C)=C(C(=O)OCCN(C)C)C1c1cccc([N+](=O)[O-])c1. The van der Waals surface area contributed by atoms with Crippen molar-refractivity contribution in [2.75, 3.05) is 33.0 Å². The number of non-ortho nitro benzene ring substituents is 1. The number of esters is 1. The third kappa shape index (κ3) is 5.71. The Morgan fingerprint density at radius 1 is 1.26 bits per heavy atom. The third-order valence-corrected chi connectivity index (χ3v) is 7.07. The zero-order valence-electron chi connectivity index (χ0n) is 18.5. The summed E-state index contributed by atoms with van der Waals surface area (Å²) >= 11 is 0. The van der Waals surface area contributed by atoms with E-state index in [9.17, 15) is 23.3 Å². The fourth-order valence-corrected chi connectivity index (χ4v) is 5.46. The molecule has 1 heterocycles. The van der Waals surface area contributed by atoms with Gasteiger partial charge in [0.25, 0.3) is 5.69 Å². The van der Waals surface area contributed by atoms with E-state index in [1.807, 2.05) is 19.0 Å². The molecular formula is C21H29N3O6S. The van der Waals surface area contributed by atoms with Gasteiger partial charge in [-0.05, 0) is 39.9 Å². The minimum absolute atomic E-state index is 0.0417. The molecule has 1 aromatic rings. The van der Waals surface area contributed by atoms with Gasteiger partial charge in [0.05, 0.1) is 27.1 Å². The van der Waals surface area contributed by atoms with E-state index in [0.29, 0.717) is 29.9 Å². The number of hydrogen-bond donors (Lipinski definition) is 1. The first-order chi connectivity index (χ1) is 14.5. The zero-order valence-corrected chi connectivity index (χ0v) is 19.3. The molecule has 170 valence electrons. The maximum absolute atomic E-state index is 13.2. The molecule has 0 saturated carbocycles. The Morgan fingerprint density at radius 2 is 1.94 bits per heavy atom. The van der Waals surface area contributed by atoms with E-state index in [4.69, 9.17) is 4.74 Å². The van der Waals surface area contributed by atoms with Crippen molar-refractivity contribution in [3.05, 3.63) is 61.8 Å². The highest BCUT2D eigenvalue weighted by atomic mass is 32.2. The van der Waals surface area contributed by atoms with Crippen LogP contribution >= 0.6 is 0 Å². The average molecular weight is 452 g/mol. The summed E-state index contributed by atoms with van der Waals surface area (Å²) in [6, 6.07) is 5.72. The van der Waals surface area contributed by atoms with Crippen LogP contribution in [-0.2, 0) is 19.4 Å². The first kappa shape index (κ1) is 24.5. The van der Waals surface area contributed by atoms with Crippen LogP contribution in [0.4, 0.5) is 5.69 Å². The summed E-state index contributed by atoms with van der Waals surface area (Å²) in [5.74, 6) is -1.75. The maximum atomic E-state index is 13.2. The lowest BCUT2D eigenvalue weighted by atomic mass is 9.86. The van der Waals surface area contributed by atoms with Crippen LogP contribution in [0.2, 0.25) is 0 Å². The summed E-state index contributed by atoms with van der Waals surface area (Å²) in [7, 11) is -0.0573. The van der Waals surface area contributed by atoms with Crippen LogP contribution in [0.15, 0.2) is 46.1 Å². The third-order valence-electron chi connectivity index (χ3n) is 4.91. The van der Waals surface area contributed by atoms with Gasteiger partial charge in [-0.25, -0.2) is 13.2 Å². The molecule has 1 N–H and O–H groups in total. The van der Waals surface area contributed by atoms with Gasteiger partial charge >= 0.3 is 5.97 Å². The molecule has 2 rings (SSSR count). The van der Waals surface area contributed by atoms with E-state index >= 15 is 0 Å². The van der Waals surface area contributed by atoms with Crippen molar-refractivity contribution in [2.24, 2.45) is 0 Å². The predicted molar refractivity (Wildman–Crippen MR) is 118 cm³/mol. The molecule has 0 amide bonds. The molecule has 0 aromatic heterocycles. The molecule has 0 bridgehead atoms. The molecule has 31 heavy (non-hydrogen) atoms. The quantitative estimate of drug-likeness (QED) is 0.346. The lowest BCUT2D eigenvalue weighted by Gasteiger charge is -2.31. The number of likely N-dealkylation sites (N-methyl/N-ethyl adjacent to an activating group) is 1. The van der Waals surface area contributed by atoms with Crippen LogP contribution in [-0.4, -0.2) is 57.2 Å². The predicted octanol–water partition coefficient (Wildman–Crippen LogP) is 2.72. The first-order valence-corrected chi connectivity index (χ1v) is 11.6. The molecule has 1 aliphatic rings. The van der Waals surface area contributed by atoms with Gasteiger partial charge in [0.2, 0.25) is 0 Å². The van der Waals surface area contributed by atoms with Crippen molar-refractivity contribution >= 4 is 21.5 Å². The van der Waals surface area contributed by atoms with Crippen LogP contribution in [0.1, 0.15) is 38.7 Å². The summed E-state index contributed by atoms with van der Waals surface area (Å²) in [6.07, 6.45) is 0.395. The summed E-state index contributed by atoms with van der Waals surface area (Å²) in [6.45, 7) is 5.68. The molecule has 0 spiro atoms. The second-order valence-corrected chi connectivity index (χ2v) is 9.77. The summed E-state index contributed by atoms with van der Waals surface area (Å²) in [5, 5.41) is 14.3. The van der Waals surface area contributed by atoms with Gasteiger partial charge in [0.15, 0.2) is 9.84 Å². The normalized spacial score (nSPS) is 17.0. The van der Waals surface area contributed by atoms with Crippen LogP contribution in [0, 0.1) is 10.1 Å². The molecular weight excluding hydrogens is 422 g/mol. The molecule has 0 saturated heterocycles. The Morgan fingerprint density at radius 3 is 2.52 bits per heavy atom. The van der Waals surface area contributed by atoms with Gasteiger partial charge in [0, 0.05) is 30.1 Å². The molecule has 1 atom stereocenters. The summed E-state index contributed by atoms with van der Waals surface area (Å²) in [4.78, 5) is 25.7. The highest BCUT2D eigenvalue weighted by Gasteiger charge is 2.40. The lowest BCUT2D eigenvalue weighted by Crippen LogP contribution is -2.33. The number of dihydropyridines is 1. The Hall–Kier alpha value is -2.72. The second-order valence-electron chi connectivity index (χ2n) is 7.70. The highest BCUT2D eigenvalue weighted by Crippen LogP contribution is 2.42. The average Bonchev–Trinajstić information content (AvgIpc) is 2.66. The van der Waals surface area contributed by atoms with Gasteiger partial charge in [-0.3, -0.25) is 10.1 Å². The number of sulfone groups is 1. The summed E-state index contributed by atoms with van der Waals surface area (Å²) in [5.41, 5.74) is 1.16. The van der Waals surface area contributed by atoms with Gasteiger partial charge < -0.3 is 15.0 Å². The monoisotopic (exact) mass is 451 g/mol. The van der Waals surface area contributed by atoms with Gasteiger partial charge in [-0.2, -0.15) is 0 Å². The van der Waals surface area contributed by atoms with Crippen molar-refractivity contribution in [2.45, 2.75) is 33.1 Å². The number of carbonyl (C=O) groups is 1. The number of benzene rings is 1. The number of carbonyl (C=O) groups excluding carboxylic acids is 1. The molecule has 9 nitrogen and oxygen atoms in total. The van der Waals surface area contributed by atoms with Crippen LogP contribution < -0.4 is 5.32 Å². The smallest absolute Gasteiger partial charge is 0.336 e. The first-order valence-electron chi connectivity index (χ1n) is 9.97. The second kappa shape index (κ2) is 10.1. The number of ether oxygens (including phenoxy) is 1. The minimum Gasteiger partial charge on any atom is -0.461 e. The van der Waals surface area contributed by atoms with Gasteiger partial charge in [-0.1, -0.05) is 19.1 Å². The number of nitro groups is 1. The van der Waals surface area contributed by atoms with Crippen molar-refractivity contribution < 1.29 is 22.9 Å². The standard InChI is InChI=1S/C21H29N3O6S/c1-6-12-31(28,29)20-15(3)22-14(2)18(21(25)30-11-10-23(4)5)19(20)16-8-7-9-17(13-16)24(26)27/h7-9,13,19,22H,6,10-12H2,1-5H3. The fourth-order valence-electron chi connectivity index (χ4n) is 3.57. The van der Waals surface area contributed by atoms with Crippen molar-refractivity contribution in [1.29, 1.82) is 0 Å². The molecule has 0 fully saturated rings. The summed E-state index contributed by atoms with van der Waals surface area (Å²) < 4.78 is 31.7. The zero-order chi connectivity index (χ0) is 23.3. The van der Waals surface area contributed by atoms with Crippen molar-refractivity contribution in [3.63, 3.8) is 0 Å². The Kier molecular flexibility index (Phi) is 7.96. The number of hydrogen-bond acceptors (Lipinski definition) is 8. The molecule has 0 radical (unpaired) electrons. The lowest BCUT2D eigenvalue weighted by molar-refractivity contribution is -0.384. The highest BCUT2D eigenvalue weighted by molar-refractivity contribution is 7.95. The fraction of sp³-hybridized carbons (Fsp3) is 0.476. The van der Waals surface area contributed by atoms with Gasteiger partial charge in [-0.15, -0.1) is 0 Å². The van der Waals surface area contributed by atoms with E-state index in [1.165, 1.54) is 18.2 Å². The van der Waals surface area contributed by atoms with E-state index < -0.39 is 26.6 Å². The van der Waals surface area contributed by atoms with E-state index in [-0.39, 0.29) is 28.5 Å². The molecule has 0 aliphatic carbocycles. The largest absolute Gasteiger partial charge is 0.461 e. The van der Waals surface area contributed by atoms with Crippen LogP contribution in [0.5, 0.6) is 0 Å². The molecule has 10 heteroatoms. The number of rotatable bonds is 9. The molecule has 1 aromatic carbocycles. The Labute approximate surface area is 182 Å². The van der Waals surface area contributed by atoms with Crippen LogP contribution in [0.25, 0.3) is 0 Å². The molecule has 1 unspecified atom stereocenters.